The van der Waals surface area contributed by atoms with Gasteiger partial charge in [0.1, 0.15) is 17.6 Å². The minimum absolute atomic E-state index is 0.0375. The third-order valence-corrected chi connectivity index (χ3v) is 2.97. The molecule has 0 aliphatic rings. The Morgan fingerprint density at radius 3 is 2.70 bits per heavy atom. The Morgan fingerprint density at radius 2 is 2.00 bits per heavy atom. The largest absolute Gasteiger partial charge is 0.497 e. The molecule has 0 amide bonds. The number of hydrogen-bond donors (Lipinski definition) is 2. The minimum Gasteiger partial charge on any atom is -0.497 e. The SMILES string of the molecule is CCNC(=NCC(C)Oc1cccc(OC)c1)NCCOCC. The van der Waals surface area contributed by atoms with Crippen LogP contribution in [0.4, 0.5) is 0 Å². The second kappa shape index (κ2) is 11.6. The van der Waals surface area contributed by atoms with Crippen LogP contribution in [0.2, 0.25) is 0 Å². The van der Waals surface area contributed by atoms with Gasteiger partial charge in [0.2, 0.25) is 0 Å². The van der Waals surface area contributed by atoms with E-state index in [4.69, 9.17) is 14.2 Å². The molecule has 6 nitrogen and oxygen atoms in total. The first-order valence-corrected chi connectivity index (χ1v) is 8.10. The molecule has 0 saturated carbocycles. The van der Waals surface area contributed by atoms with E-state index in [1.165, 1.54) is 0 Å². The van der Waals surface area contributed by atoms with E-state index < -0.39 is 0 Å². The summed E-state index contributed by atoms with van der Waals surface area (Å²) >= 11 is 0. The van der Waals surface area contributed by atoms with Gasteiger partial charge in [-0.05, 0) is 32.9 Å². The van der Waals surface area contributed by atoms with E-state index >= 15 is 0 Å². The highest BCUT2D eigenvalue weighted by Gasteiger charge is 2.05. The fraction of sp³-hybridized carbons (Fsp3) is 0.588. The van der Waals surface area contributed by atoms with E-state index in [1.807, 2.05) is 45.0 Å². The van der Waals surface area contributed by atoms with Gasteiger partial charge in [0.05, 0.1) is 20.3 Å². The highest BCUT2D eigenvalue weighted by atomic mass is 16.5. The van der Waals surface area contributed by atoms with Gasteiger partial charge in [-0.25, -0.2) is 4.99 Å². The molecule has 1 aromatic carbocycles. The van der Waals surface area contributed by atoms with Crippen molar-refractivity contribution in [1.82, 2.24) is 10.6 Å². The maximum absolute atomic E-state index is 5.86. The highest BCUT2D eigenvalue weighted by Crippen LogP contribution is 2.19. The summed E-state index contributed by atoms with van der Waals surface area (Å²) in [6.07, 6.45) is -0.0375. The maximum Gasteiger partial charge on any atom is 0.191 e. The van der Waals surface area contributed by atoms with Crippen LogP contribution >= 0.6 is 0 Å². The maximum atomic E-state index is 5.86. The molecule has 6 heteroatoms. The lowest BCUT2D eigenvalue weighted by atomic mass is 10.3. The first-order chi connectivity index (χ1) is 11.2. The molecule has 130 valence electrons. The van der Waals surface area contributed by atoms with Crippen LogP contribution in [0.1, 0.15) is 20.8 Å². The van der Waals surface area contributed by atoms with Gasteiger partial charge < -0.3 is 24.8 Å². The Labute approximate surface area is 139 Å². The Morgan fingerprint density at radius 1 is 1.22 bits per heavy atom. The molecule has 0 aliphatic heterocycles. The van der Waals surface area contributed by atoms with Crippen molar-refractivity contribution < 1.29 is 14.2 Å². The predicted octanol–water partition coefficient (Wildman–Crippen LogP) is 2.05. The lowest BCUT2D eigenvalue weighted by Gasteiger charge is -2.15. The number of benzene rings is 1. The van der Waals surface area contributed by atoms with Gasteiger partial charge in [-0.15, -0.1) is 0 Å². The number of methoxy groups -OCH3 is 1. The van der Waals surface area contributed by atoms with Gasteiger partial charge in [0.25, 0.3) is 0 Å². The zero-order valence-electron chi connectivity index (χ0n) is 14.6. The molecular weight excluding hydrogens is 294 g/mol. The number of aliphatic imine (C=N–C) groups is 1. The van der Waals surface area contributed by atoms with Crippen LogP contribution in [0.15, 0.2) is 29.3 Å². The first kappa shape index (κ1) is 19.1. The van der Waals surface area contributed by atoms with Gasteiger partial charge in [-0.2, -0.15) is 0 Å². The third kappa shape index (κ3) is 8.30. The summed E-state index contributed by atoms with van der Waals surface area (Å²) in [6, 6.07) is 7.57. The second-order valence-electron chi connectivity index (χ2n) is 4.95. The van der Waals surface area contributed by atoms with Crippen LogP contribution < -0.4 is 20.1 Å². The van der Waals surface area contributed by atoms with Gasteiger partial charge in [-0.1, -0.05) is 6.07 Å². The number of nitrogens with one attached hydrogen (secondary N) is 2. The summed E-state index contributed by atoms with van der Waals surface area (Å²) in [4.78, 5) is 4.53. The van der Waals surface area contributed by atoms with Gasteiger partial charge in [0, 0.05) is 25.8 Å². The van der Waals surface area contributed by atoms with Gasteiger partial charge >= 0.3 is 0 Å². The van der Waals surface area contributed by atoms with Crippen LogP contribution in [-0.4, -0.2) is 52.0 Å². The Bertz CT molecular complexity index is 466. The zero-order valence-corrected chi connectivity index (χ0v) is 14.6. The summed E-state index contributed by atoms with van der Waals surface area (Å²) in [7, 11) is 1.64. The summed E-state index contributed by atoms with van der Waals surface area (Å²) in [5, 5.41) is 6.44. The predicted molar refractivity (Wildman–Crippen MR) is 93.6 cm³/mol. The number of hydrogen-bond acceptors (Lipinski definition) is 4. The van der Waals surface area contributed by atoms with Crippen molar-refractivity contribution in [2.75, 3.05) is 40.0 Å². The molecule has 0 fully saturated rings. The van der Waals surface area contributed by atoms with E-state index in [2.05, 4.69) is 15.6 Å². The van der Waals surface area contributed by atoms with E-state index in [0.717, 1.165) is 37.2 Å². The molecule has 0 bridgehead atoms. The Kier molecular flexibility index (Phi) is 9.63. The third-order valence-electron chi connectivity index (χ3n) is 2.97. The monoisotopic (exact) mass is 323 g/mol. The van der Waals surface area contributed by atoms with Crippen LogP contribution in [-0.2, 0) is 4.74 Å². The van der Waals surface area contributed by atoms with Crippen LogP contribution in [0.3, 0.4) is 0 Å². The quantitative estimate of drug-likeness (QED) is 0.392. The highest BCUT2D eigenvalue weighted by molar-refractivity contribution is 5.79. The van der Waals surface area contributed by atoms with Crippen molar-refractivity contribution >= 4 is 5.96 Å². The fourth-order valence-electron chi connectivity index (χ4n) is 1.89. The molecule has 0 saturated heterocycles. The molecule has 23 heavy (non-hydrogen) atoms. The number of nitrogens with zero attached hydrogens (tertiary/aromatic N) is 1. The summed E-state index contributed by atoms with van der Waals surface area (Å²) in [5.41, 5.74) is 0. The number of rotatable bonds is 10. The number of ether oxygens (including phenoxy) is 3. The van der Waals surface area contributed by atoms with Gasteiger partial charge in [0.15, 0.2) is 5.96 Å². The molecule has 1 aromatic rings. The standard InChI is InChI=1S/C17H29N3O3/c1-5-18-17(19-10-11-22-6-2)20-13-14(3)23-16-9-7-8-15(12-16)21-4/h7-9,12,14H,5-6,10-11,13H2,1-4H3,(H2,18,19,20). The molecule has 1 rings (SSSR count). The van der Waals surface area contributed by atoms with Crippen molar-refractivity contribution in [2.24, 2.45) is 4.99 Å². The fourth-order valence-corrected chi connectivity index (χ4v) is 1.89. The molecule has 2 N–H and O–H groups in total. The molecule has 0 aliphatic carbocycles. The minimum atomic E-state index is -0.0375. The van der Waals surface area contributed by atoms with Crippen LogP contribution in [0.5, 0.6) is 11.5 Å². The van der Waals surface area contributed by atoms with Crippen molar-refractivity contribution in [2.45, 2.75) is 26.9 Å². The van der Waals surface area contributed by atoms with E-state index in [1.54, 1.807) is 7.11 Å². The van der Waals surface area contributed by atoms with E-state index in [-0.39, 0.29) is 6.10 Å². The number of guanidine groups is 1. The smallest absolute Gasteiger partial charge is 0.191 e. The molecule has 1 atom stereocenters. The van der Waals surface area contributed by atoms with E-state index in [9.17, 15) is 0 Å². The zero-order chi connectivity index (χ0) is 16.9. The van der Waals surface area contributed by atoms with Crippen molar-refractivity contribution in [3.05, 3.63) is 24.3 Å². The van der Waals surface area contributed by atoms with Crippen molar-refractivity contribution in [3.8, 4) is 11.5 Å². The van der Waals surface area contributed by atoms with Crippen molar-refractivity contribution in [3.63, 3.8) is 0 Å². The Balaban J connectivity index is 2.46. The second-order valence-corrected chi connectivity index (χ2v) is 4.95. The lowest BCUT2D eigenvalue weighted by Crippen LogP contribution is -2.39. The molecule has 0 aromatic heterocycles. The molecule has 0 spiro atoms. The summed E-state index contributed by atoms with van der Waals surface area (Å²) < 4.78 is 16.4. The van der Waals surface area contributed by atoms with Crippen LogP contribution in [0, 0.1) is 0 Å². The van der Waals surface area contributed by atoms with Gasteiger partial charge in [-0.3, -0.25) is 0 Å². The summed E-state index contributed by atoms with van der Waals surface area (Å²) in [5.74, 6) is 2.33. The molecule has 0 radical (unpaired) electrons. The van der Waals surface area contributed by atoms with Crippen LogP contribution in [0.25, 0.3) is 0 Å². The summed E-state index contributed by atoms with van der Waals surface area (Å²) in [6.45, 7) is 9.49. The average molecular weight is 323 g/mol. The first-order valence-electron chi connectivity index (χ1n) is 8.10. The average Bonchev–Trinajstić information content (AvgIpc) is 2.56. The topological polar surface area (TPSA) is 64.1 Å². The lowest BCUT2D eigenvalue weighted by molar-refractivity contribution is 0.152. The van der Waals surface area contributed by atoms with E-state index in [0.29, 0.717) is 13.2 Å². The Hall–Kier alpha value is -1.95. The molecule has 0 heterocycles. The molecule has 1 unspecified atom stereocenters. The van der Waals surface area contributed by atoms with Crippen molar-refractivity contribution in [1.29, 1.82) is 0 Å². The normalized spacial score (nSPS) is 12.6. The molecular formula is C17H29N3O3.